The van der Waals surface area contributed by atoms with Crippen molar-refractivity contribution in [2.24, 2.45) is 0 Å². The fourth-order valence-corrected chi connectivity index (χ4v) is 2.77. The second-order valence-electron chi connectivity index (χ2n) is 5.20. The fourth-order valence-electron chi connectivity index (χ4n) is 2.15. The van der Waals surface area contributed by atoms with Gasteiger partial charge in [-0.15, -0.1) is 0 Å². The van der Waals surface area contributed by atoms with Gasteiger partial charge >= 0.3 is 0 Å². The number of aromatic nitrogens is 1. The molecule has 0 spiro atoms. The lowest BCUT2D eigenvalue weighted by atomic mass is 10.0. The summed E-state index contributed by atoms with van der Waals surface area (Å²) in [5, 5.41) is 0.964. The van der Waals surface area contributed by atoms with Crippen LogP contribution in [0.1, 0.15) is 23.6 Å². The Labute approximate surface area is 124 Å². The van der Waals surface area contributed by atoms with Crippen molar-refractivity contribution >= 4 is 20.9 Å². The lowest BCUT2D eigenvalue weighted by Gasteiger charge is -2.07. The van der Waals surface area contributed by atoms with Gasteiger partial charge in [-0.25, -0.2) is 13.1 Å². The lowest BCUT2D eigenvalue weighted by Crippen LogP contribution is -2.28. The van der Waals surface area contributed by atoms with Crippen molar-refractivity contribution < 1.29 is 8.42 Å². The normalized spacial score (nSPS) is 12.0. The van der Waals surface area contributed by atoms with E-state index in [1.165, 1.54) is 0 Å². The monoisotopic (exact) mass is 308 g/mol. The minimum atomic E-state index is -3.22. The highest BCUT2D eigenvalue weighted by molar-refractivity contribution is 7.89. The number of aryl methyl sites for hydroxylation is 2. The van der Waals surface area contributed by atoms with E-state index in [9.17, 15) is 13.2 Å². The molecule has 0 bridgehead atoms. The third-order valence-corrected chi connectivity index (χ3v) is 5.04. The van der Waals surface area contributed by atoms with Crippen molar-refractivity contribution in [2.45, 2.75) is 27.2 Å². The fraction of sp³-hybridized carbons (Fsp3) is 0.400. The van der Waals surface area contributed by atoms with Gasteiger partial charge in [0.2, 0.25) is 10.0 Å². The molecule has 0 saturated carbocycles. The molecule has 0 aliphatic carbocycles. The van der Waals surface area contributed by atoms with Crippen molar-refractivity contribution in [3.63, 3.8) is 0 Å². The van der Waals surface area contributed by atoms with Gasteiger partial charge in [-0.1, -0.05) is 0 Å². The zero-order chi connectivity index (χ0) is 15.6. The van der Waals surface area contributed by atoms with E-state index in [-0.39, 0.29) is 17.9 Å². The molecule has 114 valence electrons. The molecule has 0 aliphatic rings. The predicted molar refractivity (Wildman–Crippen MR) is 85.2 cm³/mol. The summed E-state index contributed by atoms with van der Waals surface area (Å²) in [5.74, 6) is 0.0412. The molecule has 21 heavy (non-hydrogen) atoms. The van der Waals surface area contributed by atoms with Gasteiger partial charge in [0, 0.05) is 17.6 Å². The van der Waals surface area contributed by atoms with Gasteiger partial charge in [0.25, 0.3) is 5.56 Å². The van der Waals surface area contributed by atoms with Gasteiger partial charge < -0.3 is 4.98 Å². The number of aromatic amines is 1. The molecule has 0 unspecified atom stereocenters. The van der Waals surface area contributed by atoms with Crippen LogP contribution in [-0.4, -0.2) is 25.7 Å². The third kappa shape index (κ3) is 3.71. The average molecular weight is 308 g/mol. The molecule has 0 amide bonds. The minimum absolute atomic E-state index is 0.0412. The molecule has 0 saturated heterocycles. The summed E-state index contributed by atoms with van der Waals surface area (Å²) < 4.78 is 25.2. The van der Waals surface area contributed by atoms with Crippen molar-refractivity contribution in [2.75, 3.05) is 12.3 Å². The Hall–Kier alpha value is -1.66. The Balaban J connectivity index is 2.27. The molecule has 1 aromatic carbocycles. The number of rotatable bonds is 5. The van der Waals surface area contributed by atoms with Crippen LogP contribution in [0, 0.1) is 13.8 Å². The molecular weight excluding hydrogens is 288 g/mol. The molecule has 2 rings (SSSR count). The van der Waals surface area contributed by atoms with E-state index in [4.69, 9.17) is 0 Å². The maximum Gasteiger partial charge on any atom is 0.251 e. The van der Waals surface area contributed by atoms with Crippen molar-refractivity contribution in [1.29, 1.82) is 0 Å². The molecule has 5 nitrogen and oxygen atoms in total. The van der Waals surface area contributed by atoms with Gasteiger partial charge in [0.1, 0.15) is 0 Å². The molecule has 0 fully saturated rings. The SMILES string of the molecule is CCS(=O)(=O)NCCc1cc2cc(C)c(C)cc2[nH]c1=O. The van der Waals surface area contributed by atoms with Crippen LogP contribution in [0.25, 0.3) is 10.9 Å². The Morgan fingerprint density at radius 3 is 2.48 bits per heavy atom. The van der Waals surface area contributed by atoms with Gasteiger partial charge in [-0.2, -0.15) is 0 Å². The number of hydrogen-bond acceptors (Lipinski definition) is 3. The molecule has 6 heteroatoms. The molecule has 2 aromatic rings. The van der Waals surface area contributed by atoms with Gasteiger partial charge in [-0.3, -0.25) is 4.79 Å². The quantitative estimate of drug-likeness (QED) is 0.881. The number of fused-ring (bicyclic) bond motifs is 1. The number of H-pyrrole nitrogens is 1. The van der Waals surface area contributed by atoms with E-state index in [0.717, 1.165) is 22.0 Å². The van der Waals surface area contributed by atoms with Crippen LogP contribution >= 0.6 is 0 Å². The number of sulfonamides is 1. The molecule has 1 heterocycles. The van der Waals surface area contributed by atoms with Gasteiger partial charge in [0.05, 0.1) is 5.75 Å². The van der Waals surface area contributed by atoms with Crippen LogP contribution in [0.15, 0.2) is 23.0 Å². The largest absolute Gasteiger partial charge is 0.322 e. The minimum Gasteiger partial charge on any atom is -0.322 e. The van der Waals surface area contributed by atoms with Crippen molar-refractivity contribution in [3.05, 3.63) is 45.2 Å². The van der Waals surface area contributed by atoms with E-state index >= 15 is 0 Å². The Kier molecular flexibility index (Phi) is 4.49. The van der Waals surface area contributed by atoms with E-state index in [0.29, 0.717) is 12.0 Å². The third-order valence-electron chi connectivity index (χ3n) is 3.63. The van der Waals surface area contributed by atoms with Gasteiger partial charge in [-0.05, 0) is 61.9 Å². The zero-order valence-corrected chi connectivity index (χ0v) is 13.3. The first-order valence-electron chi connectivity index (χ1n) is 6.93. The van der Waals surface area contributed by atoms with Gasteiger partial charge in [0.15, 0.2) is 0 Å². The second kappa shape index (κ2) is 5.99. The van der Waals surface area contributed by atoms with Crippen LogP contribution in [0.3, 0.4) is 0 Å². The second-order valence-corrected chi connectivity index (χ2v) is 7.29. The highest BCUT2D eigenvalue weighted by atomic mass is 32.2. The summed E-state index contributed by atoms with van der Waals surface area (Å²) in [6, 6.07) is 5.82. The van der Waals surface area contributed by atoms with Crippen LogP contribution in [-0.2, 0) is 16.4 Å². The first kappa shape index (κ1) is 15.7. The van der Waals surface area contributed by atoms with Crippen LogP contribution in [0.4, 0.5) is 0 Å². The molecule has 0 aliphatic heterocycles. The van der Waals surface area contributed by atoms with E-state index in [2.05, 4.69) is 9.71 Å². The lowest BCUT2D eigenvalue weighted by molar-refractivity contribution is 0.583. The average Bonchev–Trinajstić information content (AvgIpc) is 2.41. The van der Waals surface area contributed by atoms with Crippen LogP contribution in [0.2, 0.25) is 0 Å². The molecule has 2 N–H and O–H groups in total. The number of benzene rings is 1. The summed E-state index contributed by atoms with van der Waals surface area (Å²) in [5.41, 5.74) is 3.51. The summed E-state index contributed by atoms with van der Waals surface area (Å²) in [6.07, 6.45) is 0.372. The zero-order valence-electron chi connectivity index (χ0n) is 12.5. The summed E-state index contributed by atoms with van der Waals surface area (Å²) >= 11 is 0. The number of pyridine rings is 1. The highest BCUT2D eigenvalue weighted by Gasteiger charge is 2.08. The predicted octanol–water partition coefficient (Wildman–Crippen LogP) is 1.63. The van der Waals surface area contributed by atoms with Crippen molar-refractivity contribution in [1.82, 2.24) is 9.71 Å². The highest BCUT2D eigenvalue weighted by Crippen LogP contribution is 2.17. The molecular formula is C15H20N2O3S. The van der Waals surface area contributed by atoms with E-state index in [1.54, 1.807) is 6.92 Å². The number of nitrogens with one attached hydrogen (secondary N) is 2. The van der Waals surface area contributed by atoms with Crippen LogP contribution in [0.5, 0.6) is 0 Å². The van der Waals surface area contributed by atoms with E-state index in [1.807, 2.05) is 32.0 Å². The first-order valence-corrected chi connectivity index (χ1v) is 8.58. The Bertz CT molecular complexity index is 823. The number of hydrogen-bond donors (Lipinski definition) is 2. The smallest absolute Gasteiger partial charge is 0.251 e. The Morgan fingerprint density at radius 2 is 1.81 bits per heavy atom. The standard InChI is InChI=1S/C15H20N2O3S/c1-4-21(19,20)16-6-5-12-9-13-7-10(2)11(3)8-14(13)17-15(12)18/h7-9,16H,4-6H2,1-3H3,(H,17,18). The maximum atomic E-state index is 12.0. The molecule has 0 atom stereocenters. The van der Waals surface area contributed by atoms with Crippen molar-refractivity contribution in [3.8, 4) is 0 Å². The molecule has 0 radical (unpaired) electrons. The Morgan fingerprint density at radius 1 is 1.14 bits per heavy atom. The first-order chi connectivity index (χ1) is 9.82. The molecule has 1 aromatic heterocycles. The van der Waals surface area contributed by atoms with Crippen LogP contribution < -0.4 is 10.3 Å². The summed E-state index contributed by atoms with van der Waals surface area (Å²) in [4.78, 5) is 14.9. The summed E-state index contributed by atoms with van der Waals surface area (Å²) in [6.45, 7) is 5.83. The maximum absolute atomic E-state index is 12.0. The summed E-state index contributed by atoms with van der Waals surface area (Å²) in [7, 11) is -3.22. The topological polar surface area (TPSA) is 79.0 Å². The van der Waals surface area contributed by atoms with E-state index < -0.39 is 10.0 Å².